The fraction of sp³-hybridized carbons (Fsp3) is 0.500. The molecule has 0 aliphatic rings. The molecule has 0 aliphatic heterocycles. The van der Waals surface area contributed by atoms with Crippen LogP contribution in [0, 0.1) is 0 Å². The topological polar surface area (TPSA) is 82.0 Å². The molecule has 0 amide bonds. The van der Waals surface area contributed by atoms with Gasteiger partial charge in [0.25, 0.3) is 0 Å². The number of rotatable bonds is 7. The molecule has 1 aromatic rings. The molecular weight excluding hydrogens is 222 g/mol. The van der Waals surface area contributed by atoms with E-state index in [1.165, 1.54) is 12.1 Å². The molecule has 17 heavy (non-hydrogen) atoms. The summed E-state index contributed by atoms with van der Waals surface area (Å²) < 4.78 is 5.09. The monoisotopic (exact) mass is 241 g/mol. The predicted molar refractivity (Wildman–Crippen MR) is 64.1 cm³/mol. The van der Waals surface area contributed by atoms with Crippen molar-refractivity contribution < 1.29 is 20.1 Å². The van der Waals surface area contributed by atoms with Crippen LogP contribution in [-0.4, -0.2) is 41.7 Å². The van der Waals surface area contributed by atoms with Gasteiger partial charge in [-0.3, -0.25) is 0 Å². The van der Waals surface area contributed by atoms with Crippen molar-refractivity contribution in [1.82, 2.24) is 5.32 Å². The maximum Gasteiger partial charge on any atom is 0.124 e. The molecule has 0 saturated carbocycles. The zero-order valence-electron chi connectivity index (χ0n) is 9.89. The average Bonchev–Trinajstić information content (AvgIpc) is 2.28. The Labute approximate surface area is 101 Å². The number of aliphatic hydroxyl groups excluding tert-OH is 1. The Hall–Kier alpha value is -1.30. The van der Waals surface area contributed by atoms with E-state index in [2.05, 4.69) is 5.32 Å². The van der Waals surface area contributed by atoms with Crippen molar-refractivity contribution in [3.05, 3.63) is 23.8 Å². The summed E-state index contributed by atoms with van der Waals surface area (Å²) in [5.41, 5.74) is 0.481. The fourth-order valence-electron chi connectivity index (χ4n) is 1.60. The van der Waals surface area contributed by atoms with Crippen LogP contribution in [0.3, 0.4) is 0 Å². The average molecular weight is 241 g/mol. The lowest BCUT2D eigenvalue weighted by Crippen LogP contribution is -2.23. The molecule has 5 nitrogen and oxygen atoms in total. The molecule has 5 heteroatoms. The van der Waals surface area contributed by atoms with Crippen LogP contribution in [0.15, 0.2) is 18.2 Å². The Kier molecular flexibility index (Phi) is 5.76. The van der Waals surface area contributed by atoms with E-state index in [-0.39, 0.29) is 24.1 Å². The van der Waals surface area contributed by atoms with E-state index in [1.54, 1.807) is 6.07 Å². The lowest BCUT2D eigenvalue weighted by molar-refractivity contribution is 0.0927. The molecule has 0 aliphatic carbocycles. The summed E-state index contributed by atoms with van der Waals surface area (Å²) in [4.78, 5) is 0. The zero-order chi connectivity index (χ0) is 12.7. The van der Waals surface area contributed by atoms with E-state index >= 15 is 0 Å². The van der Waals surface area contributed by atoms with Crippen LogP contribution in [0.2, 0.25) is 0 Å². The lowest BCUT2D eigenvalue weighted by Gasteiger charge is -2.16. The van der Waals surface area contributed by atoms with Gasteiger partial charge in [0, 0.05) is 12.6 Å². The Morgan fingerprint density at radius 1 is 1.24 bits per heavy atom. The molecular formula is C12H19NO4. The van der Waals surface area contributed by atoms with Gasteiger partial charge in [-0.05, 0) is 19.1 Å². The van der Waals surface area contributed by atoms with Gasteiger partial charge >= 0.3 is 0 Å². The third-order valence-electron chi connectivity index (χ3n) is 2.43. The molecule has 0 heterocycles. The molecule has 96 valence electrons. The number of phenolic OH excluding ortho intramolecular Hbond substituents is 2. The van der Waals surface area contributed by atoms with Gasteiger partial charge in [0.2, 0.25) is 0 Å². The molecule has 1 aromatic carbocycles. The first-order valence-electron chi connectivity index (χ1n) is 5.59. The van der Waals surface area contributed by atoms with E-state index in [4.69, 9.17) is 9.84 Å². The Morgan fingerprint density at radius 3 is 2.47 bits per heavy atom. The number of ether oxygens (including phenoxy) is 1. The highest BCUT2D eigenvalue weighted by Gasteiger charge is 2.13. The SMILES string of the molecule is CC(NCCOCCO)c1c(O)cccc1O. The van der Waals surface area contributed by atoms with Crippen molar-refractivity contribution >= 4 is 0 Å². The molecule has 1 unspecified atom stereocenters. The molecule has 1 atom stereocenters. The number of phenols is 2. The van der Waals surface area contributed by atoms with Crippen molar-refractivity contribution in [2.24, 2.45) is 0 Å². The second kappa shape index (κ2) is 7.11. The molecule has 0 bridgehead atoms. The zero-order valence-corrected chi connectivity index (χ0v) is 9.89. The van der Waals surface area contributed by atoms with Crippen molar-refractivity contribution in [3.63, 3.8) is 0 Å². The van der Waals surface area contributed by atoms with Crippen molar-refractivity contribution in [2.45, 2.75) is 13.0 Å². The standard InChI is InChI=1S/C12H19NO4/c1-9(13-5-7-17-8-6-14)12-10(15)3-2-4-11(12)16/h2-4,9,13-16H,5-8H2,1H3. The summed E-state index contributed by atoms with van der Waals surface area (Å²) in [5, 5.41) is 30.9. The Bertz CT molecular complexity index is 323. The maximum atomic E-state index is 9.64. The molecule has 0 aromatic heterocycles. The number of hydrogen-bond donors (Lipinski definition) is 4. The van der Waals surface area contributed by atoms with Gasteiger partial charge < -0.3 is 25.4 Å². The van der Waals surface area contributed by atoms with Gasteiger partial charge in [-0.15, -0.1) is 0 Å². The Morgan fingerprint density at radius 2 is 1.88 bits per heavy atom. The summed E-state index contributed by atoms with van der Waals surface area (Å²) in [6.07, 6.45) is 0. The summed E-state index contributed by atoms with van der Waals surface area (Å²) in [7, 11) is 0. The minimum absolute atomic E-state index is 0.00974. The predicted octanol–water partition coefficient (Wildman–Crippen LogP) is 0.757. The molecule has 1 rings (SSSR count). The normalized spacial score (nSPS) is 12.6. The van der Waals surface area contributed by atoms with Gasteiger partial charge in [-0.2, -0.15) is 0 Å². The number of hydrogen-bond acceptors (Lipinski definition) is 5. The molecule has 0 spiro atoms. The quantitative estimate of drug-likeness (QED) is 0.530. The van der Waals surface area contributed by atoms with E-state index in [9.17, 15) is 10.2 Å². The first-order chi connectivity index (χ1) is 8.16. The van der Waals surface area contributed by atoms with Crippen molar-refractivity contribution in [3.8, 4) is 11.5 Å². The van der Waals surface area contributed by atoms with E-state index < -0.39 is 0 Å². The molecule has 0 fully saturated rings. The smallest absolute Gasteiger partial charge is 0.124 e. The van der Waals surface area contributed by atoms with Crippen LogP contribution >= 0.6 is 0 Å². The second-order valence-electron chi connectivity index (χ2n) is 3.72. The number of aromatic hydroxyl groups is 2. The first kappa shape index (κ1) is 13.8. The summed E-state index contributed by atoms with van der Waals surface area (Å²) in [6.45, 7) is 3.22. The van der Waals surface area contributed by atoms with Gasteiger partial charge in [0.15, 0.2) is 0 Å². The first-order valence-corrected chi connectivity index (χ1v) is 5.59. The molecule has 0 saturated heterocycles. The third kappa shape index (κ3) is 4.22. The van der Waals surface area contributed by atoms with E-state index in [0.717, 1.165) is 0 Å². The van der Waals surface area contributed by atoms with Gasteiger partial charge in [-0.25, -0.2) is 0 Å². The highest BCUT2D eigenvalue weighted by Crippen LogP contribution is 2.31. The van der Waals surface area contributed by atoms with E-state index in [0.29, 0.717) is 25.3 Å². The highest BCUT2D eigenvalue weighted by atomic mass is 16.5. The van der Waals surface area contributed by atoms with Gasteiger partial charge in [0.1, 0.15) is 11.5 Å². The highest BCUT2D eigenvalue weighted by molar-refractivity contribution is 5.44. The van der Waals surface area contributed by atoms with Crippen molar-refractivity contribution in [2.75, 3.05) is 26.4 Å². The number of nitrogens with one attached hydrogen (secondary N) is 1. The second-order valence-corrected chi connectivity index (χ2v) is 3.72. The maximum absolute atomic E-state index is 9.64. The lowest BCUT2D eigenvalue weighted by atomic mass is 10.1. The van der Waals surface area contributed by atoms with Crippen LogP contribution in [-0.2, 0) is 4.74 Å². The molecule has 4 N–H and O–H groups in total. The van der Waals surface area contributed by atoms with Crippen LogP contribution in [0.25, 0.3) is 0 Å². The van der Waals surface area contributed by atoms with Crippen molar-refractivity contribution in [1.29, 1.82) is 0 Å². The minimum Gasteiger partial charge on any atom is -0.507 e. The van der Waals surface area contributed by atoms with Crippen LogP contribution in [0.4, 0.5) is 0 Å². The fourth-order valence-corrected chi connectivity index (χ4v) is 1.60. The summed E-state index contributed by atoms with van der Waals surface area (Å²) >= 11 is 0. The summed E-state index contributed by atoms with van der Waals surface area (Å²) in [5.74, 6) is 0.141. The third-order valence-corrected chi connectivity index (χ3v) is 2.43. The van der Waals surface area contributed by atoms with Gasteiger partial charge in [0.05, 0.1) is 25.4 Å². The summed E-state index contributed by atoms with van der Waals surface area (Å²) in [6, 6.07) is 4.49. The number of aliphatic hydroxyl groups is 1. The number of benzene rings is 1. The van der Waals surface area contributed by atoms with Gasteiger partial charge in [-0.1, -0.05) is 6.07 Å². The molecule has 0 radical (unpaired) electrons. The Balaban J connectivity index is 2.44. The largest absolute Gasteiger partial charge is 0.507 e. The van der Waals surface area contributed by atoms with Crippen LogP contribution < -0.4 is 5.32 Å². The van der Waals surface area contributed by atoms with Crippen LogP contribution in [0.1, 0.15) is 18.5 Å². The van der Waals surface area contributed by atoms with Crippen LogP contribution in [0.5, 0.6) is 11.5 Å². The minimum atomic E-state index is -0.172. The van der Waals surface area contributed by atoms with E-state index in [1.807, 2.05) is 6.92 Å².